The summed E-state index contributed by atoms with van der Waals surface area (Å²) in [7, 11) is 1.72. The molecule has 1 aromatic carbocycles. The topological polar surface area (TPSA) is 37.0 Å². The average molecular weight is 244 g/mol. The van der Waals surface area contributed by atoms with Gasteiger partial charge in [-0.25, -0.2) is 0 Å². The Balaban J connectivity index is 2.12. The predicted molar refractivity (Wildman–Crippen MR) is 74.2 cm³/mol. The number of H-pyrrole nitrogens is 1. The molecule has 0 saturated heterocycles. The second kappa shape index (κ2) is 4.65. The molecule has 18 heavy (non-hydrogen) atoms. The van der Waals surface area contributed by atoms with Gasteiger partial charge >= 0.3 is 0 Å². The molecule has 1 atom stereocenters. The van der Waals surface area contributed by atoms with Gasteiger partial charge in [0.15, 0.2) is 0 Å². The van der Waals surface area contributed by atoms with Crippen molar-refractivity contribution in [1.82, 2.24) is 10.3 Å². The van der Waals surface area contributed by atoms with Gasteiger partial charge in [-0.3, -0.25) is 0 Å². The van der Waals surface area contributed by atoms with E-state index in [0.717, 1.165) is 18.7 Å². The molecule has 2 aromatic rings. The van der Waals surface area contributed by atoms with Crippen molar-refractivity contribution in [3.63, 3.8) is 0 Å². The second-order valence-electron chi connectivity index (χ2n) is 4.97. The fraction of sp³-hybridized carbons (Fsp3) is 0.467. The molecular formula is C15H20N2O. The maximum Gasteiger partial charge on any atom is 0.119 e. The summed E-state index contributed by atoms with van der Waals surface area (Å²) in [6, 6.07) is 6.78. The largest absolute Gasteiger partial charge is 0.497 e. The van der Waals surface area contributed by atoms with E-state index in [1.807, 2.05) is 6.07 Å². The van der Waals surface area contributed by atoms with E-state index in [-0.39, 0.29) is 0 Å². The van der Waals surface area contributed by atoms with Crippen molar-refractivity contribution in [1.29, 1.82) is 0 Å². The van der Waals surface area contributed by atoms with Gasteiger partial charge in [0.1, 0.15) is 5.75 Å². The summed E-state index contributed by atoms with van der Waals surface area (Å²) in [5, 5.41) is 4.93. The fourth-order valence-electron chi connectivity index (χ4n) is 2.95. The molecular weight excluding hydrogens is 224 g/mol. The van der Waals surface area contributed by atoms with Crippen molar-refractivity contribution in [3.05, 3.63) is 29.5 Å². The van der Waals surface area contributed by atoms with Gasteiger partial charge in [0.2, 0.25) is 0 Å². The monoisotopic (exact) mass is 244 g/mol. The van der Waals surface area contributed by atoms with Crippen LogP contribution in [-0.4, -0.2) is 18.6 Å². The van der Waals surface area contributed by atoms with E-state index in [1.54, 1.807) is 7.11 Å². The van der Waals surface area contributed by atoms with Crippen molar-refractivity contribution in [2.24, 2.45) is 0 Å². The van der Waals surface area contributed by atoms with Gasteiger partial charge in [-0.15, -0.1) is 0 Å². The summed E-state index contributed by atoms with van der Waals surface area (Å²) in [6.07, 6.45) is 3.50. The molecule has 1 aromatic heterocycles. The number of benzene rings is 1. The Kier molecular flexibility index (Phi) is 3.00. The van der Waals surface area contributed by atoms with E-state index < -0.39 is 0 Å². The standard InChI is InChI=1S/C15H20N2O/c1-3-4-14-15-11(7-8-16-14)12-9-10(18-2)5-6-13(12)17-15/h5-6,9,14,16-17H,3-4,7-8H2,1-2H3/t14-/m1/s1. The van der Waals surface area contributed by atoms with Gasteiger partial charge < -0.3 is 15.0 Å². The lowest BCUT2D eigenvalue weighted by molar-refractivity contribution is 0.415. The molecule has 2 N–H and O–H groups in total. The quantitative estimate of drug-likeness (QED) is 0.870. The molecule has 0 fully saturated rings. The van der Waals surface area contributed by atoms with Gasteiger partial charge in [0.05, 0.1) is 7.11 Å². The number of nitrogens with one attached hydrogen (secondary N) is 2. The van der Waals surface area contributed by atoms with Crippen LogP contribution in [0.3, 0.4) is 0 Å². The lowest BCUT2D eigenvalue weighted by atomic mass is 9.96. The summed E-state index contributed by atoms with van der Waals surface area (Å²) < 4.78 is 5.33. The second-order valence-corrected chi connectivity index (χ2v) is 4.97. The van der Waals surface area contributed by atoms with E-state index in [2.05, 4.69) is 29.4 Å². The molecule has 3 heteroatoms. The highest BCUT2D eigenvalue weighted by Gasteiger charge is 2.23. The maximum absolute atomic E-state index is 5.33. The Morgan fingerprint density at radius 1 is 1.39 bits per heavy atom. The minimum Gasteiger partial charge on any atom is -0.497 e. The van der Waals surface area contributed by atoms with Crippen LogP contribution in [0.5, 0.6) is 5.75 Å². The Morgan fingerprint density at radius 3 is 3.06 bits per heavy atom. The van der Waals surface area contributed by atoms with E-state index in [4.69, 9.17) is 4.74 Å². The zero-order valence-corrected chi connectivity index (χ0v) is 11.0. The SMILES string of the molecule is CCC[C@H]1NCCc2c1[nH]c1ccc(OC)cc21. The molecule has 3 nitrogen and oxygen atoms in total. The molecule has 0 aliphatic carbocycles. The number of ether oxygens (including phenoxy) is 1. The molecule has 0 saturated carbocycles. The zero-order chi connectivity index (χ0) is 12.5. The molecule has 0 spiro atoms. The van der Waals surface area contributed by atoms with E-state index in [0.29, 0.717) is 6.04 Å². The summed E-state index contributed by atoms with van der Waals surface area (Å²) in [4.78, 5) is 3.58. The number of hydrogen-bond acceptors (Lipinski definition) is 2. The van der Waals surface area contributed by atoms with Crippen LogP contribution in [0.15, 0.2) is 18.2 Å². The van der Waals surface area contributed by atoms with Gasteiger partial charge in [-0.05, 0) is 43.1 Å². The third kappa shape index (κ3) is 1.79. The number of rotatable bonds is 3. The molecule has 0 bridgehead atoms. The van der Waals surface area contributed by atoms with Crippen LogP contribution in [0.1, 0.15) is 37.1 Å². The number of fused-ring (bicyclic) bond motifs is 3. The molecule has 1 aliphatic heterocycles. The minimum atomic E-state index is 0.483. The Labute approximate surface area is 108 Å². The Morgan fingerprint density at radius 2 is 2.28 bits per heavy atom. The highest BCUT2D eigenvalue weighted by Crippen LogP contribution is 2.33. The van der Waals surface area contributed by atoms with Crippen LogP contribution >= 0.6 is 0 Å². The lowest BCUT2D eigenvalue weighted by Gasteiger charge is -2.23. The first-order valence-corrected chi connectivity index (χ1v) is 6.75. The zero-order valence-electron chi connectivity index (χ0n) is 11.0. The van der Waals surface area contributed by atoms with Crippen LogP contribution in [0.25, 0.3) is 10.9 Å². The minimum absolute atomic E-state index is 0.483. The lowest BCUT2D eigenvalue weighted by Crippen LogP contribution is -2.29. The molecule has 96 valence electrons. The summed E-state index contributed by atoms with van der Waals surface area (Å²) in [5.41, 5.74) is 4.08. The van der Waals surface area contributed by atoms with Gasteiger partial charge in [0.25, 0.3) is 0 Å². The van der Waals surface area contributed by atoms with Crippen LogP contribution in [0.2, 0.25) is 0 Å². The van der Waals surface area contributed by atoms with Crippen LogP contribution in [0, 0.1) is 0 Å². The number of aromatic amines is 1. The van der Waals surface area contributed by atoms with Crippen molar-refractivity contribution in [2.75, 3.05) is 13.7 Å². The normalized spacial score (nSPS) is 18.9. The third-order valence-corrected chi connectivity index (χ3v) is 3.84. The van der Waals surface area contributed by atoms with Crippen LogP contribution < -0.4 is 10.1 Å². The van der Waals surface area contributed by atoms with Crippen molar-refractivity contribution in [3.8, 4) is 5.75 Å². The number of methoxy groups -OCH3 is 1. The van der Waals surface area contributed by atoms with Crippen molar-refractivity contribution >= 4 is 10.9 Å². The summed E-state index contributed by atoms with van der Waals surface area (Å²) in [6.45, 7) is 3.31. The highest BCUT2D eigenvalue weighted by atomic mass is 16.5. The van der Waals surface area contributed by atoms with E-state index in [1.165, 1.54) is 35.0 Å². The van der Waals surface area contributed by atoms with Gasteiger partial charge in [-0.2, -0.15) is 0 Å². The molecule has 0 amide bonds. The molecule has 0 radical (unpaired) electrons. The predicted octanol–water partition coefficient (Wildman–Crippen LogP) is 3.16. The molecule has 0 unspecified atom stereocenters. The van der Waals surface area contributed by atoms with Gasteiger partial charge in [0, 0.05) is 22.6 Å². The maximum atomic E-state index is 5.33. The summed E-state index contributed by atoms with van der Waals surface area (Å²) in [5.74, 6) is 0.940. The first-order chi connectivity index (χ1) is 8.83. The van der Waals surface area contributed by atoms with Crippen molar-refractivity contribution < 1.29 is 4.74 Å². The molecule has 2 heterocycles. The molecule has 1 aliphatic rings. The fourth-order valence-corrected chi connectivity index (χ4v) is 2.95. The molecule has 3 rings (SSSR count). The van der Waals surface area contributed by atoms with E-state index in [9.17, 15) is 0 Å². The van der Waals surface area contributed by atoms with Crippen molar-refractivity contribution in [2.45, 2.75) is 32.2 Å². The number of hydrogen-bond donors (Lipinski definition) is 2. The number of aromatic nitrogens is 1. The first kappa shape index (κ1) is 11.6. The van der Waals surface area contributed by atoms with E-state index >= 15 is 0 Å². The van der Waals surface area contributed by atoms with Crippen LogP contribution in [-0.2, 0) is 6.42 Å². The Bertz CT molecular complexity index is 559. The third-order valence-electron chi connectivity index (χ3n) is 3.84. The summed E-state index contributed by atoms with van der Waals surface area (Å²) >= 11 is 0. The highest BCUT2D eigenvalue weighted by molar-refractivity contribution is 5.86. The van der Waals surface area contributed by atoms with Gasteiger partial charge in [-0.1, -0.05) is 13.3 Å². The first-order valence-electron chi connectivity index (χ1n) is 6.75. The Hall–Kier alpha value is -1.48. The average Bonchev–Trinajstić information content (AvgIpc) is 2.78. The smallest absolute Gasteiger partial charge is 0.119 e. The van der Waals surface area contributed by atoms with Crippen LogP contribution in [0.4, 0.5) is 0 Å².